The number of carbonyl (C=O) groups excluding carboxylic acids is 1. The van der Waals surface area contributed by atoms with Gasteiger partial charge in [-0.3, -0.25) is 4.79 Å². The summed E-state index contributed by atoms with van der Waals surface area (Å²) in [6.07, 6.45) is 4.33. The van der Waals surface area contributed by atoms with E-state index in [2.05, 4.69) is 28.9 Å². The molecule has 1 atom stereocenters. The van der Waals surface area contributed by atoms with Crippen molar-refractivity contribution in [1.29, 1.82) is 0 Å². The molecule has 1 aromatic carbocycles. The van der Waals surface area contributed by atoms with Crippen LogP contribution in [-0.2, 0) is 17.6 Å². The number of aromatic nitrogens is 2. The van der Waals surface area contributed by atoms with E-state index in [1.807, 2.05) is 6.07 Å². The number of hydrogen-bond acceptors (Lipinski definition) is 2. The maximum Gasteiger partial charge on any atom is 0.227 e. The van der Waals surface area contributed by atoms with Crippen molar-refractivity contribution in [1.82, 2.24) is 9.38 Å². The predicted octanol–water partition coefficient (Wildman–Crippen LogP) is 4.69. The van der Waals surface area contributed by atoms with Gasteiger partial charge in [0.2, 0.25) is 5.91 Å². The first-order chi connectivity index (χ1) is 12.0. The summed E-state index contributed by atoms with van der Waals surface area (Å²) in [7, 11) is 0. The second-order valence-electron chi connectivity index (χ2n) is 6.47. The number of benzene rings is 1. The molecule has 1 aliphatic carbocycles. The van der Waals surface area contributed by atoms with Gasteiger partial charge in [0.1, 0.15) is 5.65 Å². The molecule has 1 amide bonds. The third-order valence-corrected chi connectivity index (χ3v) is 5.52. The maximum absolute atomic E-state index is 12.7. The van der Waals surface area contributed by atoms with Crippen LogP contribution in [0, 0.1) is 12.8 Å². The highest BCUT2D eigenvalue weighted by Gasteiger charge is 2.28. The molecule has 1 N–H and O–H groups in total. The minimum atomic E-state index is -0.108. The number of aryl methyl sites for hydroxylation is 2. The van der Waals surface area contributed by atoms with Crippen molar-refractivity contribution in [2.75, 3.05) is 5.32 Å². The zero-order valence-corrected chi connectivity index (χ0v) is 15.2. The van der Waals surface area contributed by atoms with Crippen LogP contribution in [0.25, 0.3) is 5.65 Å². The van der Waals surface area contributed by atoms with Crippen LogP contribution < -0.4 is 5.32 Å². The Bertz CT molecular complexity index is 980. The molecule has 25 heavy (non-hydrogen) atoms. The number of carbonyl (C=O) groups is 1. The van der Waals surface area contributed by atoms with Crippen LogP contribution in [0.2, 0.25) is 10.0 Å². The number of hydrogen-bond donors (Lipinski definition) is 1. The third-order valence-electron chi connectivity index (χ3n) is 4.70. The van der Waals surface area contributed by atoms with E-state index in [9.17, 15) is 4.79 Å². The van der Waals surface area contributed by atoms with E-state index in [1.54, 1.807) is 18.2 Å². The highest BCUT2D eigenvalue weighted by molar-refractivity contribution is 6.44. The Balaban J connectivity index is 1.59. The summed E-state index contributed by atoms with van der Waals surface area (Å²) in [4.78, 5) is 17.4. The molecular weight excluding hydrogens is 357 g/mol. The van der Waals surface area contributed by atoms with E-state index in [0.717, 1.165) is 29.9 Å². The first kappa shape index (κ1) is 16.4. The second-order valence-corrected chi connectivity index (χ2v) is 7.26. The largest absolute Gasteiger partial charge is 0.324 e. The summed E-state index contributed by atoms with van der Waals surface area (Å²) in [6.45, 7) is 2.06. The van der Waals surface area contributed by atoms with E-state index < -0.39 is 0 Å². The smallest absolute Gasteiger partial charge is 0.227 e. The van der Waals surface area contributed by atoms with Crippen molar-refractivity contribution in [3.05, 3.63) is 63.5 Å². The van der Waals surface area contributed by atoms with Crippen LogP contribution in [0.3, 0.4) is 0 Å². The van der Waals surface area contributed by atoms with Crippen LogP contribution in [0.1, 0.15) is 23.4 Å². The van der Waals surface area contributed by atoms with Crippen LogP contribution in [0.5, 0.6) is 0 Å². The predicted molar refractivity (Wildman–Crippen MR) is 101 cm³/mol. The number of anilines is 1. The molecule has 1 unspecified atom stereocenters. The lowest BCUT2D eigenvalue weighted by Gasteiger charge is -2.21. The molecule has 0 fully saturated rings. The first-order valence-electron chi connectivity index (χ1n) is 8.24. The van der Waals surface area contributed by atoms with Gasteiger partial charge in [0.05, 0.1) is 21.4 Å². The average molecular weight is 374 g/mol. The molecule has 0 radical (unpaired) electrons. The number of amides is 1. The summed E-state index contributed by atoms with van der Waals surface area (Å²) in [5.74, 6) is -0.139. The number of pyridine rings is 1. The quantitative estimate of drug-likeness (QED) is 0.707. The van der Waals surface area contributed by atoms with E-state index >= 15 is 0 Å². The summed E-state index contributed by atoms with van der Waals surface area (Å²) in [5.41, 5.74) is 4.89. The van der Waals surface area contributed by atoms with Gasteiger partial charge in [-0.1, -0.05) is 35.3 Å². The molecule has 0 saturated carbocycles. The molecule has 0 aliphatic heterocycles. The zero-order chi connectivity index (χ0) is 17.6. The lowest BCUT2D eigenvalue weighted by Crippen LogP contribution is -2.28. The summed E-state index contributed by atoms with van der Waals surface area (Å²) >= 11 is 12.2. The van der Waals surface area contributed by atoms with Crippen molar-refractivity contribution < 1.29 is 4.79 Å². The van der Waals surface area contributed by atoms with Crippen molar-refractivity contribution in [2.24, 2.45) is 5.92 Å². The monoisotopic (exact) mass is 373 g/mol. The Hall–Kier alpha value is -2.04. The van der Waals surface area contributed by atoms with Crippen molar-refractivity contribution >= 4 is 40.4 Å². The average Bonchev–Trinajstić information content (AvgIpc) is 2.96. The van der Waals surface area contributed by atoms with Crippen LogP contribution in [0.4, 0.5) is 5.69 Å². The van der Waals surface area contributed by atoms with E-state index in [-0.39, 0.29) is 11.8 Å². The van der Waals surface area contributed by atoms with Gasteiger partial charge in [-0.25, -0.2) is 4.98 Å². The molecular formula is C19H17Cl2N3O. The molecule has 0 saturated heterocycles. The van der Waals surface area contributed by atoms with Gasteiger partial charge >= 0.3 is 0 Å². The molecule has 4 nitrogen and oxygen atoms in total. The second kappa shape index (κ2) is 6.36. The van der Waals surface area contributed by atoms with Gasteiger partial charge in [0.15, 0.2) is 0 Å². The van der Waals surface area contributed by atoms with Crippen LogP contribution >= 0.6 is 23.2 Å². The van der Waals surface area contributed by atoms with Gasteiger partial charge in [0.25, 0.3) is 0 Å². The molecule has 1 aliphatic rings. The Morgan fingerprint density at radius 1 is 1.28 bits per heavy atom. The summed E-state index contributed by atoms with van der Waals surface area (Å²) in [6, 6.07) is 9.31. The van der Waals surface area contributed by atoms with Crippen molar-refractivity contribution in [3.63, 3.8) is 0 Å². The normalized spacial score (nSPS) is 16.7. The Kier molecular flexibility index (Phi) is 4.18. The van der Waals surface area contributed by atoms with Gasteiger partial charge in [-0.05, 0) is 43.5 Å². The molecule has 3 aromatic rings. The van der Waals surface area contributed by atoms with Crippen LogP contribution in [-0.4, -0.2) is 15.3 Å². The topological polar surface area (TPSA) is 46.4 Å². The first-order valence-corrected chi connectivity index (χ1v) is 9.00. The summed E-state index contributed by atoms with van der Waals surface area (Å²) < 4.78 is 2.11. The van der Waals surface area contributed by atoms with Crippen LogP contribution in [0.15, 0.2) is 36.5 Å². The Morgan fingerprint density at radius 2 is 2.12 bits per heavy atom. The van der Waals surface area contributed by atoms with E-state index in [0.29, 0.717) is 22.2 Å². The number of fused-ring (bicyclic) bond motifs is 3. The van der Waals surface area contributed by atoms with Gasteiger partial charge in [-0.15, -0.1) is 0 Å². The fourth-order valence-corrected chi connectivity index (χ4v) is 3.72. The van der Waals surface area contributed by atoms with E-state index in [4.69, 9.17) is 28.2 Å². The molecule has 6 heteroatoms. The fraction of sp³-hybridized carbons (Fsp3) is 0.263. The molecule has 0 spiro atoms. The molecule has 2 aromatic heterocycles. The Labute approximate surface area is 155 Å². The molecule has 128 valence electrons. The molecule has 0 bridgehead atoms. The van der Waals surface area contributed by atoms with Crippen molar-refractivity contribution in [2.45, 2.75) is 26.2 Å². The summed E-state index contributed by atoms with van der Waals surface area (Å²) in [5, 5.41) is 3.73. The van der Waals surface area contributed by atoms with Gasteiger partial charge in [0, 0.05) is 24.2 Å². The standard InChI is InChI=1S/C19H17Cl2N3O/c1-11-5-8-17-22-14-7-6-12(9-16(14)24(17)10-11)19(25)23-15-4-2-3-13(20)18(15)21/h2-5,8,10,12H,6-7,9H2,1H3,(H,23,25). The Morgan fingerprint density at radius 3 is 2.96 bits per heavy atom. The SMILES string of the molecule is Cc1ccc2nc3c(n2c1)CC(C(=O)Nc1cccc(Cl)c1Cl)CC3. The number of rotatable bonds is 2. The lowest BCUT2D eigenvalue weighted by molar-refractivity contribution is -0.120. The minimum Gasteiger partial charge on any atom is -0.324 e. The maximum atomic E-state index is 12.7. The fourth-order valence-electron chi connectivity index (χ4n) is 3.37. The highest BCUT2D eigenvalue weighted by atomic mass is 35.5. The lowest BCUT2D eigenvalue weighted by atomic mass is 9.89. The number of imidazole rings is 1. The highest BCUT2D eigenvalue weighted by Crippen LogP contribution is 2.32. The van der Waals surface area contributed by atoms with Crippen molar-refractivity contribution in [3.8, 4) is 0 Å². The molecule has 4 rings (SSSR count). The zero-order valence-electron chi connectivity index (χ0n) is 13.7. The third kappa shape index (κ3) is 3.00. The number of nitrogens with zero attached hydrogens (tertiary/aromatic N) is 2. The number of halogens is 2. The van der Waals surface area contributed by atoms with E-state index in [1.165, 1.54) is 5.56 Å². The minimum absolute atomic E-state index is 0.0302. The number of nitrogens with one attached hydrogen (secondary N) is 1. The molecule has 2 heterocycles. The van der Waals surface area contributed by atoms with Gasteiger partial charge < -0.3 is 9.72 Å². The van der Waals surface area contributed by atoms with Gasteiger partial charge in [-0.2, -0.15) is 0 Å².